The first-order chi connectivity index (χ1) is 11.6. The number of anilines is 2. The molecule has 1 aromatic carbocycles. The SMILES string of the molecule is CCOc1ccccc1NC(=O)CC1C(=O)Nc2nc(CC)nn21. The molecule has 3 rings (SSSR count). The maximum absolute atomic E-state index is 12.3. The lowest BCUT2D eigenvalue weighted by Crippen LogP contribution is -2.24. The first-order valence-corrected chi connectivity index (χ1v) is 7.90. The number of carbonyl (C=O) groups excluding carboxylic acids is 2. The van der Waals surface area contributed by atoms with Crippen LogP contribution < -0.4 is 15.4 Å². The van der Waals surface area contributed by atoms with Gasteiger partial charge in [0, 0.05) is 6.42 Å². The molecule has 1 unspecified atom stereocenters. The van der Waals surface area contributed by atoms with Crippen LogP contribution in [0.1, 0.15) is 32.1 Å². The van der Waals surface area contributed by atoms with Gasteiger partial charge < -0.3 is 10.1 Å². The van der Waals surface area contributed by atoms with E-state index >= 15 is 0 Å². The number of aromatic nitrogens is 3. The van der Waals surface area contributed by atoms with Crippen molar-refractivity contribution in [2.45, 2.75) is 32.7 Å². The quantitative estimate of drug-likeness (QED) is 0.841. The molecule has 0 radical (unpaired) electrons. The summed E-state index contributed by atoms with van der Waals surface area (Å²) in [5, 5.41) is 9.70. The summed E-state index contributed by atoms with van der Waals surface area (Å²) < 4.78 is 6.96. The summed E-state index contributed by atoms with van der Waals surface area (Å²) in [5.41, 5.74) is 0.579. The molecule has 0 aliphatic carbocycles. The fourth-order valence-corrected chi connectivity index (χ4v) is 2.53. The minimum Gasteiger partial charge on any atom is -0.492 e. The smallest absolute Gasteiger partial charge is 0.252 e. The Morgan fingerprint density at radius 2 is 2.17 bits per heavy atom. The fourth-order valence-electron chi connectivity index (χ4n) is 2.53. The van der Waals surface area contributed by atoms with Crippen LogP contribution in [0.25, 0.3) is 0 Å². The Bertz CT molecular complexity index is 771. The maximum Gasteiger partial charge on any atom is 0.252 e. The zero-order valence-corrected chi connectivity index (χ0v) is 13.6. The molecule has 8 heteroatoms. The third-order valence-corrected chi connectivity index (χ3v) is 3.66. The van der Waals surface area contributed by atoms with E-state index in [1.54, 1.807) is 12.1 Å². The largest absolute Gasteiger partial charge is 0.492 e. The number of carbonyl (C=O) groups is 2. The summed E-state index contributed by atoms with van der Waals surface area (Å²) in [6.45, 7) is 4.30. The van der Waals surface area contributed by atoms with Gasteiger partial charge in [-0.25, -0.2) is 4.68 Å². The molecule has 2 heterocycles. The van der Waals surface area contributed by atoms with Crippen molar-refractivity contribution in [2.75, 3.05) is 17.2 Å². The van der Waals surface area contributed by atoms with E-state index in [4.69, 9.17) is 4.74 Å². The molecule has 2 N–H and O–H groups in total. The Kier molecular flexibility index (Phi) is 4.45. The van der Waals surface area contributed by atoms with E-state index in [9.17, 15) is 9.59 Å². The number of nitrogens with one attached hydrogen (secondary N) is 2. The fraction of sp³-hybridized carbons (Fsp3) is 0.375. The summed E-state index contributed by atoms with van der Waals surface area (Å²) in [4.78, 5) is 28.6. The van der Waals surface area contributed by atoms with Crippen molar-refractivity contribution in [3.8, 4) is 5.75 Å². The highest BCUT2D eigenvalue weighted by molar-refractivity contribution is 6.01. The molecular weight excluding hydrogens is 310 g/mol. The van der Waals surface area contributed by atoms with Crippen LogP contribution >= 0.6 is 0 Å². The number of nitrogens with zero attached hydrogens (tertiary/aromatic N) is 3. The number of hydrogen-bond donors (Lipinski definition) is 2. The van der Waals surface area contributed by atoms with E-state index in [0.717, 1.165) is 0 Å². The number of ether oxygens (including phenoxy) is 1. The van der Waals surface area contributed by atoms with Crippen LogP contribution in [-0.2, 0) is 16.0 Å². The summed E-state index contributed by atoms with van der Waals surface area (Å²) in [7, 11) is 0. The van der Waals surface area contributed by atoms with Gasteiger partial charge in [0.25, 0.3) is 5.91 Å². The normalized spacial score (nSPS) is 15.8. The van der Waals surface area contributed by atoms with Crippen molar-refractivity contribution in [3.63, 3.8) is 0 Å². The molecule has 0 saturated heterocycles. The molecule has 2 amide bonds. The Balaban J connectivity index is 1.72. The molecule has 1 atom stereocenters. The van der Waals surface area contributed by atoms with Gasteiger partial charge in [0.15, 0.2) is 5.82 Å². The van der Waals surface area contributed by atoms with Crippen LogP contribution in [0.2, 0.25) is 0 Å². The highest BCUT2D eigenvalue weighted by atomic mass is 16.5. The highest BCUT2D eigenvalue weighted by Gasteiger charge is 2.34. The number of para-hydroxylation sites is 2. The van der Waals surface area contributed by atoms with Crippen LogP contribution in [0.5, 0.6) is 5.75 Å². The minimum atomic E-state index is -0.688. The lowest BCUT2D eigenvalue weighted by atomic mass is 10.2. The van der Waals surface area contributed by atoms with E-state index in [2.05, 4.69) is 20.7 Å². The van der Waals surface area contributed by atoms with Gasteiger partial charge in [0.1, 0.15) is 11.8 Å². The lowest BCUT2D eigenvalue weighted by molar-refractivity contribution is -0.123. The third-order valence-electron chi connectivity index (χ3n) is 3.66. The Morgan fingerprint density at radius 1 is 1.38 bits per heavy atom. The van der Waals surface area contributed by atoms with Gasteiger partial charge in [0.05, 0.1) is 18.7 Å². The predicted molar refractivity (Wildman–Crippen MR) is 87.9 cm³/mol. The van der Waals surface area contributed by atoms with Crippen LogP contribution in [-0.4, -0.2) is 33.2 Å². The van der Waals surface area contributed by atoms with Crippen LogP contribution in [0.3, 0.4) is 0 Å². The molecule has 2 aromatic rings. The van der Waals surface area contributed by atoms with Gasteiger partial charge in [-0.3, -0.25) is 14.9 Å². The second kappa shape index (κ2) is 6.69. The topological polar surface area (TPSA) is 98.1 Å². The summed E-state index contributed by atoms with van der Waals surface area (Å²) >= 11 is 0. The van der Waals surface area contributed by atoms with Gasteiger partial charge in [0.2, 0.25) is 11.9 Å². The van der Waals surface area contributed by atoms with Gasteiger partial charge >= 0.3 is 0 Å². The Morgan fingerprint density at radius 3 is 2.92 bits per heavy atom. The Hall–Kier alpha value is -2.90. The van der Waals surface area contributed by atoms with Crippen LogP contribution in [0.15, 0.2) is 24.3 Å². The van der Waals surface area contributed by atoms with Crippen LogP contribution in [0.4, 0.5) is 11.6 Å². The van der Waals surface area contributed by atoms with Gasteiger partial charge in [-0.15, -0.1) is 0 Å². The third kappa shape index (κ3) is 3.08. The number of hydrogen-bond acceptors (Lipinski definition) is 5. The first-order valence-electron chi connectivity index (χ1n) is 7.90. The maximum atomic E-state index is 12.3. The molecule has 0 bridgehead atoms. The van der Waals surface area contributed by atoms with E-state index in [1.807, 2.05) is 26.0 Å². The summed E-state index contributed by atoms with van der Waals surface area (Å²) in [6.07, 6.45) is 0.641. The number of rotatable bonds is 6. The second-order valence-electron chi connectivity index (χ2n) is 5.34. The van der Waals surface area contributed by atoms with E-state index in [0.29, 0.717) is 36.2 Å². The van der Waals surface area contributed by atoms with Crippen molar-refractivity contribution in [1.82, 2.24) is 14.8 Å². The number of aryl methyl sites for hydroxylation is 1. The highest BCUT2D eigenvalue weighted by Crippen LogP contribution is 2.27. The first kappa shape index (κ1) is 16.0. The molecule has 1 aliphatic heterocycles. The van der Waals surface area contributed by atoms with E-state index in [-0.39, 0.29) is 18.2 Å². The molecular formula is C16H19N5O3. The van der Waals surface area contributed by atoms with Crippen molar-refractivity contribution in [3.05, 3.63) is 30.1 Å². The average Bonchev–Trinajstić information content (AvgIpc) is 3.08. The Labute approximate surface area is 139 Å². The van der Waals surface area contributed by atoms with Crippen molar-refractivity contribution in [1.29, 1.82) is 0 Å². The van der Waals surface area contributed by atoms with Gasteiger partial charge in [-0.1, -0.05) is 19.1 Å². The zero-order valence-electron chi connectivity index (χ0n) is 13.6. The second-order valence-corrected chi connectivity index (χ2v) is 5.34. The molecule has 0 saturated carbocycles. The van der Waals surface area contributed by atoms with Crippen LogP contribution in [0, 0.1) is 0 Å². The van der Waals surface area contributed by atoms with Crippen molar-refractivity contribution < 1.29 is 14.3 Å². The van der Waals surface area contributed by atoms with Crippen molar-refractivity contribution >= 4 is 23.5 Å². The molecule has 1 aliphatic rings. The monoisotopic (exact) mass is 329 g/mol. The summed E-state index contributed by atoms with van der Waals surface area (Å²) in [6, 6.07) is 6.49. The van der Waals surface area contributed by atoms with E-state index in [1.165, 1.54) is 4.68 Å². The number of amides is 2. The average molecular weight is 329 g/mol. The van der Waals surface area contributed by atoms with E-state index < -0.39 is 6.04 Å². The number of fused-ring (bicyclic) bond motifs is 1. The minimum absolute atomic E-state index is 0.0220. The number of benzene rings is 1. The molecule has 126 valence electrons. The molecule has 0 fully saturated rings. The zero-order chi connectivity index (χ0) is 17.1. The lowest BCUT2D eigenvalue weighted by Gasteiger charge is -2.13. The van der Waals surface area contributed by atoms with Gasteiger partial charge in [-0.2, -0.15) is 10.1 Å². The molecule has 24 heavy (non-hydrogen) atoms. The van der Waals surface area contributed by atoms with Crippen molar-refractivity contribution in [2.24, 2.45) is 0 Å². The molecule has 1 aromatic heterocycles. The predicted octanol–water partition coefficient (Wildman–Crippen LogP) is 1.76. The molecule has 8 nitrogen and oxygen atoms in total. The molecule has 0 spiro atoms. The summed E-state index contributed by atoms with van der Waals surface area (Å²) in [5.74, 6) is 1.06. The standard InChI is InChI=1S/C16H19N5O3/c1-3-13-18-16-19-15(23)11(21(16)20-13)9-14(22)17-10-7-5-6-8-12(10)24-4-2/h5-8,11H,3-4,9H2,1-2H3,(H,17,22)(H,18,19,20,23). The van der Waals surface area contributed by atoms with Gasteiger partial charge in [-0.05, 0) is 19.1 Å².